The Balaban J connectivity index is 2.12. The first-order valence-corrected chi connectivity index (χ1v) is 5.38. The van der Waals surface area contributed by atoms with E-state index in [0.717, 1.165) is 29.8 Å². The summed E-state index contributed by atoms with van der Waals surface area (Å²) < 4.78 is 1.83. The average molecular weight is 212 g/mol. The Morgan fingerprint density at radius 3 is 2.81 bits per heavy atom. The second-order valence-electron chi connectivity index (χ2n) is 3.90. The minimum atomic E-state index is 0.0960. The minimum Gasteiger partial charge on any atom is -0.492 e. The monoisotopic (exact) mass is 212 g/mol. The van der Waals surface area contributed by atoms with E-state index >= 15 is 0 Å². The van der Waals surface area contributed by atoms with Gasteiger partial charge in [-0.15, -0.1) is 5.10 Å². The molecule has 0 saturated carbocycles. The van der Waals surface area contributed by atoms with Crippen LogP contribution in [0.3, 0.4) is 0 Å². The lowest BCUT2D eigenvalue weighted by atomic mass is 10.1. The third-order valence-electron chi connectivity index (χ3n) is 2.81. The molecule has 2 heterocycles. The summed E-state index contributed by atoms with van der Waals surface area (Å²) in [5.41, 5.74) is 3.26. The van der Waals surface area contributed by atoms with Crippen LogP contribution < -0.4 is 0 Å². The summed E-state index contributed by atoms with van der Waals surface area (Å²) in [6, 6.07) is 11.9. The summed E-state index contributed by atoms with van der Waals surface area (Å²) in [5, 5.41) is 13.5. The highest BCUT2D eigenvalue weighted by atomic mass is 16.3. The molecule has 3 heteroatoms. The molecular formula is C13H12N2O. The quantitative estimate of drug-likeness (QED) is 0.788. The number of rotatable bonds is 1. The molecule has 1 aromatic heterocycles. The van der Waals surface area contributed by atoms with Crippen molar-refractivity contribution < 1.29 is 5.11 Å². The third-order valence-corrected chi connectivity index (χ3v) is 2.81. The Bertz CT molecular complexity index is 540. The van der Waals surface area contributed by atoms with Gasteiger partial charge in [0.1, 0.15) is 0 Å². The van der Waals surface area contributed by atoms with Crippen LogP contribution in [0.15, 0.2) is 42.5 Å². The molecule has 80 valence electrons. The predicted octanol–water partition coefficient (Wildman–Crippen LogP) is 2.42. The summed E-state index contributed by atoms with van der Waals surface area (Å²) in [6.07, 6.45) is 4.09. The van der Waals surface area contributed by atoms with Gasteiger partial charge < -0.3 is 5.11 Å². The van der Waals surface area contributed by atoms with Crippen LogP contribution in [0.5, 0.6) is 5.88 Å². The van der Waals surface area contributed by atoms with Crippen molar-refractivity contribution in [3.05, 3.63) is 53.7 Å². The second-order valence-corrected chi connectivity index (χ2v) is 3.90. The van der Waals surface area contributed by atoms with E-state index in [1.54, 1.807) is 6.07 Å². The van der Waals surface area contributed by atoms with Crippen molar-refractivity contribution in [2.75, 3.05) is 0 Å². The van der Waals surface area contributed by atoms with Crippen molar-refractivity contribution in [3.8, 4) is 5.88 Å². The number of aromatic nitrogens is 2. The zero-order chi connectivity index (χ0) is 11.0. The molecule has 2 aromatic rings. The van der Waals surface area contributed by atoms with Crippen molar-refractivity contribution in [2.24, 2.45) is 0 Å². The molecule has 1 aliphatic rings. The first-order valence-electron chi connectivity index (χ1n) is 5.38. The molecule has 3 nitrogen and oxygen atoms in total. The molecule has 1 N–H and O–H groups in total. The fourth-order valence-corrected chi connectivity index (χ4v) is 2.08. The number of nitrogens with zero attached hydrogens (tertiary/aromatic N) is 2. The van der Waals surface area contributed by atoms with Crippen LogP contribution in [0.2, 0.25) is 0 Å². The molecule has 0 fully saturated rings. The molecule has 1 aromatic carbocycles. The van der Waals surface area contributed by atoms with Crippen LogP contribution in [0.1, 0.15) is 17.7 Å². The first kappa shape index (κ1) is 9.21. The van der Waals surface area contributed by atoms with Gasteiger partial charge in [0.05, 0.1) is 5.70 Å². The Kier molecular flexibility index (Phi) is 2.03. The zero-order valence-electron chi connectivity index (χ0n) is 8.80. The van der Waals surface area contributed by atoms with Gasteiger partial charge in [0.15, 0.2) is 0 Å². The summed E-state index contributed by atoms with van der Waals surface area (Å²) in [4.78, 5) is 0. The molecule has 0 bridgehead atoms. The molecule has 0 aliphatic carbocycles. The summed E-state index contributed by atoms with van der Waals surface area (Å²) in [7, 11) is 0. The highest BCUT2D eigenvalue weighted by Crippen LogP contribution is 2.26. The van der Waals surface area contributed by atoms with Gasteiger partial charge in [-0.2, -0.15) is 0 Å². The topological polar surface area (TPSA) is 38.0 Å². The maximum absolute atomic E-state index is 9.43. The standard InChI is InChI=1S/C13H12N2O/c16-13-9-11-7-4-8-12(15(11)14-13)10-5-2-1-3-6-10/h1-3,5-6,8-9H,4,7H2,(H,14,16). The van der Waals surface area contributed by atoms with Crippen LogP contribution in [0, 0.1) is 0 Å². The van der Waals surface area contributed by atoms with E-state index < -0.39 is 0 Å². The summed E-state index contributed by atoms with van der Waals surface area (Å²) in [5.74, 6) is 0.0960. The minimum absolute atomic E-state index is 0.0960. The Labute approximate surface area is 93.7 Å². The molecule has 1 aliphatic heterocycles. The fourth-order valence-electron chi connectivity index (χ4n) is 2.08. The van der Waals surface area contributed by atoms with E-state index in [1.807, 2.05) is 22.9 Å². The molecule has 0 radical (unpaired) electrons. The second kappa shape index (κ2) is 3.52. The van der Waals surface area contributed by atoms with Crippen LogP contribution in [-0.2, 0) is 6.42 Å². The fraction of sp³-hybridized carbons (Fsp3) is 0.154. The lowest BCUT2D eigenvalue weighted by Gasteiger charge is -2.15. The molecule has 0 saturated heterocycles. The maximum Gasteiger partial charge on any atom is 0.230 e. The predicted molar refractivity (Wildman–Crippen MR) is 62.0 cm³/mol. The van der Waals surface area contributed by atoms with Crippen LogP contribution >= 0.6 is 0 Å². The number of benzene rings is 1. The number of hydrogen-bond donors (Lipinski definition) is 1. The lowest BCUT2D eigenvalue weighted by molar-refractivity contribution is 0.448. The van der Waals surface area contributed by atoms with E-state index in [1.165, 1.54) is 0 Å². The van der Waals surface area contributed by atoms with Crippen LogP contribution in [-0.4, -0.2) is 14.9 Å². The van der Waals surface area contributed by atoms with E-state index in [9.17, 15) is 5.11 Å². The Hall–Kier alpha value is -2.03. The van der Waals surface area contributed by atoms with Gasteiger partial charge >= 0.3 is 0 Å². The lowest BCUT2D eigenvalue weighted by Crippen LogP contribution is -2.09. The summed E-state index contributed by atoms with van der Waals surface area (Å²) in [6.45, 7) is 0. The first-order chi connectivity index (χ1) is 7.84. The number of aryl methyl sites for hydroxylation is 1. The number of aromatic hydroxyl groups is 1. The van der Waals surface area contributed by atoms with Gasteiger partial charge in [-0.3, -0.25) is 0 Å². The van der Waals surface area contributed by atoms with E-state index in [2.05, 4.69) is 23.3 Å². The van der Waals surface area contributed by atoms with Gasteiger partial charge in [-0.05, 0) is 18.4 Å². The van der Waals surface area contributed by atoms with Crippen molar-refractivity contribution in [3.63, 3.8) is 0 Å². The molecule has 0 atom stereocenters. The van der Waals surface area contributed by atoms with Gasteiger partial charge in [0.25, 0.3) is 0 Å². The Morgan fingerprint density at radius 1 is 1.19 bits per heavy atom. The van der Waals surface area contributed by atoms with Crippen molar-refractivity contribution in [1.29, 1.82) is 0 Å². The SMILES string of the molecule is Oc1cc2n(n1)C(c1ccccc1)=CCC2. The van der Waals surface area contributed by atoms with Gasteiger partial charge in [0, 0.05) is 11.8 Å². The third kappa shape index (κ3) is 1.41. The Morgan fingerprint density at radius 2 is 2.00 bits per heavy atom. The molecule has 16 heavy (non-hydrogen) atoms. The van der Waals surface area contributed by atoms with E-state index in [-0.39, 0.29) is 5.88 Å². The van der Waals surface area contributed by atoms with Crippen LogP contribution in [0.4, 0.5) is 0 Å². The van der Waals surface area contributed by atoms with E-state index in [4.69, 9.17) is 0 Å². The van der Waals surface area contributed by atoms with Crippen molar-refractivity contribution >= 4 is 5.70 Å². The smallest absolute Gasteiger partial charge is 0.230 e. The number of allylic oxidation sites excluding steroid dienone is 1. The van der Waals surface area contributed by atoms with Gasteiger partial charge in [-0.1, -0.05) is 36.4 Å². The highest BCUT2D eigenvalue weighted by molar-refractivity contribution is 5.67. The van der Waals surface area contributed by atoms with E-state index in [0.29, 0.717) is 0 Å². The molecule has 0 unspecified atom stereocenters. The maximum atomic E-state index is 9.43. The molecular weight excluding hydrogens is 200 g/mol. The van der Waals surface area contributed by atoms with Gasteiger partial charge in [0.2, 0.25) is 5.88 Å². The average Bonchev–Trinajstić information content (AvgIpc) is 2.70. The zero-order valence-corrected chi connectivity index (χ0v) is 8.80. The van der Waals surface area contributed by atoms with Crippen molar-refractivity contribution in [2.45, 2.75) is 12.8 Å². The number of hydrogen-bond acceptors (Lipinski definition) is 2. The normalized spacial score (nSPS) is 14.4. The largest absolute Gasteiger partial charge is 0.492 e. The summed E-state index contributed by atoms with van der Waals surface area (Å²) >= 11 is 0. The van der Waals surface area contributed by atoms with Gasteiger partial charge in [-0.25, -0.2) is 4.68 Å². The molecule has 0 amide bonds. The van der Waals surface area contributed by atoms with Crippen LogP contribution in [0.25, 0.3) is 5.70 Å². The number of fused-ring (bicyclic) bond motifs is 1. The molecule has 3 rings (SSSR count). The molecule has 0 spiro atoms. The van der Waals surface area contributed by atoms with Crippen molar-refractivity contribution in [1.82, 2.24) is 9.78 Å². The highest BCUT2D eigenvalue weighted by Gasteiger charge is 2.15.